The number of sulfonamides is 1. The highest BCUT2D eigenvalue weighted by atomic mass is 35.5. The van der Waals surface area contributed by atoms with Crippen LogP contribution in [0, 0.1) is 13.8 Å². The predicted molar refractivity (Wildman–Crippen MR) is 161 cm³/mol. The smallest absolute Gasteiger partial charge is 0.264 e. The van der Waals surface area contributed by atoms with Crippen molar-refractivity contribution in [2.45, 2.75) is 71.0 Å². The molecular weight excluding hydrogens is 546 g/mol. The molecule has 2 amide bonds. The molecular formula is C31H38ClN3O4S. The average Bonchev–Trinajstić information content (AvgIpc) is 2.94. The number of anilines is 1. The first kappa shape index (κ1) is 31.2. The lowest BCUT2D eigenvalue weighted by atomic mass is 10.1. The molecule has 0 fully saturated rings. The fraction of sp³-hybridized carbons (Fsp3) is 0.355. The first-order valence-electron chi connectivity index (χ1n) is 13.5. The van der Waals surface area contributed by atoms with E-state index in [1.807, 2.05) is 52.0 Å². The van der Waals surface area contributed by atoms with Crippen molar-refractivity contribution in [1.82, 2.24) is 10.2 Å². The van der Waals surface area contributed by atoms with Gasteiger partial charge in [-0.1, -0.05) is 74.0 Å². The molecule has 0 saturated carbocycles. The number of rotatable bonds is 12. The summed E-state index contributed by atoms with van der Waals surface area (Å²) in [5, 5.41) is 3.38. The fourth-order valence-corrected chi connectivity index (χ4v) is 6.09. The van der Waals surface area contributed by atoms with E-state index >= 15 is 0 Å². The van der Waals surface area contributed by atoms with Gasteiger partial charge in [-0.25, -0.2) is 8.42 Å². The summed E-state index contributed by atoms with van der Waals surface area (Å²) in [5.41, 5.74) is 2.68. The molecule has 0 bridgehead atoms. The predicted octanol–water partition coefficient (Wildman–Crippen LogP) is 5.87. The Labute approximate surface area is 243 Å². The van der Waals surface area contributed by atoms with Crippen LogP contribution in [0.15, 0.2) is 77.7 Å². The van der Waals surface area contributed by atoms with Crippen molar-refractivity contribution in [2.75, 3.05) is 10.8 Å². The lowest BCUT2D eigenvalue weighted by Crippen LogP contribution is -2.53. The van der Waals surface area contributed by atoms with E-state index in [-0.39, 0.29) is 23.4 Å². The Bertz CT molecular complexity index is 1430. The largest absolute Gasteiger partial charge is 0.352 e. The molecule has 0 unspecified atom stereocenters. The van der Waals surface area contributed by atoms with Gasteiger partial charge >= 0.3 is 0 Å². The van der Waals surface area contributed by atoms with Crippen molar-refractivity contribution in [3.05, 3.63) is 94.5 Å². The third-order valence-corrected chi connectivity index (χ3v) is 9.29. The SMILES string of the molecule is CC[C@H](C)NC(=O)[C@H](CC)N(Cc1ccccc1C)C(=O)CN(c1cccc(Cl)c1C)S(=O)(=O)c1ccccc1. The lowest BCUT2D eigenvalue weighted by Gasteiger charge is -2.34. The van der Waals surface area contributed by atoms with E-state index in [0.29, 0.717) is 22.7 Å². The second-order valence-corrected chi connectivity index (χ2v) is 12.2. The third-order valence-electron chi connectivity index (χ3n) is 7.11. The number of amides is 2. The summed E-state index contributed by atoms with van der Waals surface area (Å²) >= 11 is 6.38. The van der Waals surface area contributed by atoms with Gasteiger partial charge in [-0.05, 0) is 74.6 Å². The maximum atomic E-state index is 14.2. The normalized spacial score (nSPS) is 12.8. The molecule has 0 aliphatic heterocycles. The summed E-state index contributed by atoms with van der Waals surface area (Å²) in [7, 11) is -4.15. The van der Waals surface area contributed by atoms with E-state index in [4.69, 9.17) is 11.6 Å². The van der Waals surface area contributed by atoms with E-state index in [2.05, 4.69) is 5.32 Å². The van der Waals surface area contributed by atoms with Crippen molar-refractivity contribution < 1.29 is 18.0 Å². The van der Waals surface area contributed by atoms with Gasteiger partial charge < -0.3 is 10.2 Å². The number of nitrogens with zero attached hydrogens (tertiary/aromatic N) is 2. The molecule has 3 aromatic rings. The fourth-order valence-electron chi connectivity index (χ4n) is 4.43. The number of halogens is 1. The van der Waals surface area contributed by atoms with Crippen LogP contribution in [0.4, 0.5) is 5.69 Å². The topological polar surface area (TPSA) is 86.8 Å². The molecule has 0 aliphatic carbocycles. The van der Waals surface area contributed by atoms with Gasteiger partial charge in [0.05, 0.1) is 10.6 Å². The minimum absolute atomic E-state index is 0.0502. The van der Waals surface area contributed by atoms with Gasteiger partial charge in [0.1, 0.15) is 12.6 Å². The van der Waals surface area contributed by atoms with Gasteiger partial charge in [-0.15, -0.1) is 0 Å². The van der Waals surface area contributed by atoms with Crippen molar-refractivity contribution in [3.63, 3.8) is 0 Å². The van der Waals surface area contributed by atoms with Crippen molar-refractivity contribution >= 4 is 39.1 Å². The molecule has 2 atom stereocenters. The number of carbonyl (C=O) groups is 2. The van der Waals surface area contributed by atoms with Crippen molar-refractivity contribution in [2.24, 2.45) is 0 Å². The van der Waals surface area contributed by atoms with E-state index in [1.54, 1.807) is 43.3 Å². The van der Waals surface area contributed by atoms with Crippen LogP contribution in [-0.4, -0.2) is 43.8 Å². The Balaban J connectivity index is 2.10. The van der Waals surface area contributed by atoms with Crippen molar-refractivity contribution in [3.8, 4) is 0 Å². The number of hydrogen-bond donors (Lipinski definition) is 1. The number of benzene rings is 3. The monoisotopic (exact) mass is 583 g/mol. The van der Waals surface area contributed by atoms with Crippen LogP contribution in [0.5, 0.6) is 0 Å². The molecule has 3 rings (SSSR count). The number of nitrogens with one attached hydrogen (secondary N) is 1. The van der Waals surface area contributed by atoms with Gasteiger partial charge in [0.2, 0.25) is 11.8 Å². The Morgan fingerprint density at radius 3 is 2.17 bits per heavy atom. The van der Waals surface area contributed by atoms with Crippen LogP contribution in [-0.2, 0) is 26.2 Å². The number of aryl methyl sites for hydroxylation is 1. The summed E-state index contributed by atoms with van der Waals surface area (Å²) in [6.45, 7) is 9.05. The lowest BCUT2D eigenvalue weighted by molar-refractivity contribution is -0.140. The zero-order chi connectivity index (χ0) is 29.4. The third kappa shape index (κ3) is 7.23. The molecule has 0 radical (unpaired) electrons. The molecule has 0 saturated heterocycles. The highest BCUT2D eigenvalue weighted by Crippen LogP contribution is 2.31. The minimum atomic E-state index is -4.15. The maximum absolute atomic E-state index is 14.2. The highest BCUT2D eigenvalue weighted by Gasteiger charge is 2.34. The maximum Gasteiger partial charge on any atom is 0.264 e. The van der Waals surface area contributed by atoms with Crippen LogP contribution in [0.3, 0.4) is 0 Å². The summed E-state index contributed by atoms with van der Waals surface area (Å²) < 4.78 is 29.0. The molecule has 214 valence electrons. The molecule has 40 heavy (non-hydrogen) atoms. The first-order chi connectivity index (χ1) is 19.0. The molecule has 0 aromatic heterocycles. The Hall–Kier alpha value is -3.36. The average molecular weight is 584 g/mol. The first-order valence-corrected chi connectivity index (χ1v) is 15.3. The van der Waals surface area contributed by atoms with Gasteiger partial charge in [0, 0.05) is 17.6 Å². The van der Waals surface area contributed by atoms with Crippen LogP contribution >= 0.6 is 11.6 Å². The Morgan fingerprint density at radius 1 is 0.900 bits per heavy atom. The molecule has 0 heterocycles. The van der Waals surface area contributed by atoms with E-state index in [0.717, 1.165) is 21.9 Å². The molecule has 7 nitrogen and oxygen atoms in total. The molecule has 1 N–H and O–H groups in total. The standard InChI is InChI=1S/C31H38ClN3O4S/c1-6-23(4)33-31(37)28(7-2)34(20-25-15-12-11-14-22(25)3)30(36)21-35(29-19-13-18-27(32)24(29)5)40(38,39)26-16-9-8-10-17-26/h8-19,23,28H,6-7,20-21H2,1-5H3,(H,33,37)/t23-,28-/m0/s1. The molecule has 0 spiro atoms. The van der Waals surface area contributed by atoms with Crippen LogP contribution < -0.4 is 9.62 Å². The van der Waals surface area contributed by atoms with Crippen LogP contribution in [0.1, 0.15) is 50.3 Å². The number of hydrogen-bond acceptors (Lipinski definition) is 4. The quantitative estimate of drug-likeness (QED) is 0.289. The summed E-state index contributed by atoms with van der Waals surface area (Å²) in [6.07, 6.45) is 1.10. The van der Waals surface area contributed by atoms with Gasteiger partial charge in [-0.3, -0.25) is 13.9 Å². The van der Waals surface area contributed by atoms with Gasteiger partial charge in [0.15, 0.2) is 0 Å². The Kier molecular flexibility index (Phi) is 10.8. The second kappa shape index (κ2) is 13.8. The summed E-state index contributed by atoms with van der Waals surface area (Å²) in [6, 6.07) is 19.7. The van der Waals surface area contributed by atoms with Gasteiger partial charge in [0.25, 0.3) is 10.0 Å². The molecule has 3 aromatic carbocycles. The van der Waals surface area contributed by atoms with Crippen molar-refractivity contribution in [1.29, 1.82) is 0 Å². The molecule has 0 aliphatic rings. The number of carbonyl (C=O) groups excluding carboxylic acids is 2. The zero-order valence-corrected chi connectivity index (χ0v) is 25.3. The molecule has 9 heteroatoms. The summed E-state index contributed by atoms with van der Waals surface area (Å²) in [4.78, 5) is 29.1. The van der Waals surface area contributed by atoms with Crippen LogP contribution in [0.2, 0.25) is 5.02 Å². The van der Waals surface area contributed by atoms with Crippen LogP contribution in [0.25, 0.3) is 0 Å². The second-order valence-electron chi connectivity index (χ2n) is 9.90. The van der Waals surface area contributed by atoms with E-state index in [1.165, 1.54) is 17.0 Å². The highest BCUT2D eigenvalue weighted by molar-refractivity contribution is 7.92. The minimum Gasteiger partial charge on any atom is -0.352 e. The zero-order valence-electron chi connectivity index (χ0n) is 23.7. The van der Waals surface area contributed by atoms with E-state index < -0.39 is 28.5 Å². The van der Waals surface area contributed by atoms with E-state index in [9.17, 15) is 18.0 Å². The summed E-state index contributed by atoms with van der Waals surface area (Å²) in [5.74, 6) is -0.761. The van der Waals surface area contributed by atoms with Gasteiger partial charge in [-0.2, -0.15) is 0 Å². The Morgan fingerprint density at radius 2 is 1.55 bits per heavy atom.